The topological polar surface area (TPSA) is 40.5 Å². The average molecular weight is 219 g/mol. The van der Waals surface area contributed by atoms with Crippen molar-refractivity contribution in [2.24, 2.45) is 11.8 Å². The van der Waals surface area contributed by atoms with Crippen molar-refractivity contribution in [1.82, 2.24) is 4.90 Å². The fourth-order valence-electron chi connectivity index (χ4n) is 2.71. The molecule has 0 spiro atoms. The smallest absolute Gasteiger partial charge is 0.320 e. The number of nitrogens with zero attached hydrogens (tertiary/aromatic N) is 1. The van der Waals surface area contributed by atoms with Gasteiger partial charge in [-0.2, -0.15) is 0 Å². The summed E-state index contributed by atoms with van der Waals surface area (Å²) in [5.41, 5.74) is 0. The molecular weight excluding hydrogens is 204 g/mol. The van der Waals surface area contributed by atoms with Gasteiger partial charge in [-0.15, -0.1) is 0 Å². The van der Waals surface area contributed by atoms with Gasteiger partial charge in [-0.3, -0.25) is 9.69 Å². The summed E-state index contributed by atoms with van der Waals surface area (Å²) in [7, 11) is 0. The van der Waals surface area contributed by atoms with E-state index < -0.39 is 23.9 Å². The molecule has 1 aliphatic heterocycles. The lowest BCUT2D eigenvalue weighted by molar-refractivity contribution is -0.142. The molecule has 1 heterocycles. The molecule has 2 fully saturated rings. The molecular formula is C10H15F2NO2. The molecule has 0 aromatic rings. The number of carboxylic acids is 1. The van der Waals surface area contributed by atoms with E-state index in [1.165, 1.54) is 0 Å². The minimum atomic E-state index is -2.59. The van der Waals surface area contributed by atoms with E-state index in [0.717, 1.165) is 0 Å². The Labute approximate surface area is 87.1 Å². The lowest BCUT2D eigenvalue weighted by Gasteiger charge is -2.23. The molecule has 5 heteroatoms. The van der Waals surface area contributed by atoms with Gasteiger partial charge in [-0.25, -0.2) is 8.78 Å². The van der Waals surface area contributed by atoms with Gasteiger partial charge in [0.1, 0.15) is 6.04 Å². The second-order valence-corrected chi connectivity index (χ2v) is 4.63. The zero-order valence-electron chi connectivity index (χ0n) is 8.62. The predicted molar refractivity (Wildman–Crippen MR) is 49.8 cm³/mol. The van der Waals surface area contributed by atoms with Crippen molar-refractivity contribution in [1.29, 1.82) is 0 Å². The number of alkyl halides is 2. The van der Waals surface area contributed by atoms with Crippen molar-refractivity contribution in [3.05, 3.63) is 0 Å². The second-order valence-electron chi connectivity index (χ2n) is 4.63. The van der Waals surface area contributed by atoms with Gasteiger partial charge in [0.15, 0.2) is 0 Å². The van der Waals surface area contributed by atoms with Crippen LogP contribution in [0.5, 0.6) is 0 Å². The summed E-state index contributed by atoms with van der Waals surface area (Å²) in [5.74, 6) is -4.16. The molecule has 0 unspecified atom stereocenters. The molecule has 0 radical (unpaired) electrons. The van der Waals surface area contributed by atoms with Crippen LogP contribution in [0, 0.1) is 11.8 Å². The summed E-state index contributed by atoms with van der Waals surface area (Å²) in [6, 6.07) is -0.647. The normalized spacial score (nSPS) is 36.5. The van der Waals surface area contributed by atoms with Gasteiger partial charge < -0.3 is 5.11 Å². The maximum absolute atomic E-state index is 13.4. The molecule has 3 atom stereocenters. The van der Waals surface area contributed by atoms with E-state index in [9.17, 15) is 13.6 Å². The van der Waals surface area contributed by atoms with Gasteiger partial charge >= 0.3 is 5.97 Å². The lowest BCUT2D eigenvalue weighted by Crippen LogP contribution is -2.39. The van der Waals surface area contributed by atoms with Crippen molar-refractivity contribution in [2.45, 2.75) is 31.7 Å². The fraction of sp³-hybridized carbons (Fsp3) is 0.900. The minimum Gasteiger partial charge on any atom is -0.480 e. The Balaban J connectivity index is 2.04. The summed E-state index contributed by atoms with van der Waals surface area (Å²) in [5, 5.41) is 8.81. The molecule has 1 N–H and O–H groups in total. The Morgan fingerprint density at radius 2 is 2.20 bits per heavy atom. The Morgan fingerprint density at radius 1 is 1.53 bits per heavy atom. The number of hydrogen-bond acceptors (Lipinski definition) is 2. The number of carboxylic acid groups (broad SMARTS) is 1. The van der Waals surface area contributed by atoms with Gasteiger partial charge in [-0.05, 0) is 19.3 Å². The third kappa shape index (κ3) is 1.73. The summed E-state index contributed by atoms with van der Waals surface area (Å²) in [4.78, 5) is 12.4. The number of likely N-dealkylation sites (tertiary alicyclic amines) is 1. The highest BCUT2D eigenvalue weighted by molar-refractivity contribution is 5.72. The monoisotopic (exact) mass is 219 g/mol. The fourth-order valence-corrected chi connectivity index (χ4v) is 2.71. The van der Waals surface area contributed by atoms with Gasteiger partial charge in [-0.1, -0.05) is 0 Å². The van der Waals surface area contributed by atoms with Crippen LogP contribution in [0.4, 0.5) is 8.78 Å². The standard InChI is InChI=1S/C10H15F2NO2/c1-6(9(14)15)13-4-7-2-3-10(11,12)8(7)5-13/h6-8H,2-5H2,1H3,(H,14,15)/t6-,7+,8+/m1/s1. The Kier molecular flexibility index (Phi) is 2.45. The molecule has 15 heavy (non-hydrogen) atoms. The number of hydrogen-bond donors (Lipinski definition) is 1. The third-order valence-electron chi connectivity index (χ3n) is 3.77. The van der Waals surface area contributed by atoms with Gasteiger partial charge in [0.25, 0.3) is 5.92 Å². The predicted octanol–water partition coefficient (Wildman–Crippen LogP) is 1.44. The Bertz CT molecular complexity index is 283. The van der Waals surface area contributed by atoms with Crippen LogP contribution < -0.4 is 0 Å². The first-order chi connectivity index (χ1) is 6.92. The zero-order valence-corrected chi connectivity index (χ0v) is 8.62. The van der Waals surface area contributed by atoms with Crippen LogP contribution in [0.25, 0.3) is 0 Å². The van der Waals surface area contributed by atoms with Crippen molar-refractivity contribution >= 4 is 5.97 Å². The number of carbonyl (C=O) groups is 1. The van der Waals surface area contributed by atoms with Crippen molar-refractivity contribution in [2.75, 3.05) is 13.1 Å². The van der Waals surface area contributed by atoms with Crippen LogP contribution >= 0.6 is 0 Å². The van der Waals surface area contributed by atoms with E-state index in [0.29, 0.717) is 13.0 Å². The van der Waals surface area contributed by atoms with E-state index in [4.69, 9.17) is 5.11 Å². The highest BCUT2D eigenvalue weighted by atomic mass is 19.3. The SMILES string of the molecule is C[C@H](C(=O)O)N1C[C@@H]2CCC(F)(F)[C@H]2C1. The number of aliphatic carboxylic acids is 1. The molecule has 1 saturated carbocycles. The maximum Gasteiger partial charge on any atom is 0.320 e. The van der Waals surface area contributed by atoms with Crippen LogP contribution in [0.3, 0.4) is 0 Å². The van der Waals surface area contributed by atoms with E-state index >= 15 is 0 Å². The molecule has 2 rings (SSSR count). The molecule has 86 valence electrons. The Morgan fingerprint density at radius 3 is 2.73 bits per heavy atom. The molecule has 2 aliphatic rings. The van der Waals surface area contributed by atoms with Gasteiger partial charge in [0, 0.05) is 25.4 Å². The summed E-state index contributed by atoms with van der Waals surface area (Å²) in [6.45, 7) is 2.29. The first-order valence-electron chi connectivity index (χ1n) is 5.26. The van der Waals surface area contributed by atoms with E-state index in [2.05, 4.69) is 0 Å². The van der Waals surface area contributed by atoms with E-state index in [-0.39, 0.29) is 18.9 Å². The molecule has 3 nitrogen and oxygen atoms in total. The summed E-state index contributed by atoms with van der Waals surface area (Å²) in [6.07, 6.45) is 0.498. The molecule has 0 aromatic heterocycles. The highest BCUT2D eigenvalue weighted by Crippen LogP contribution is 2.48. The third-order valence-corrected chi connectivity index (χ3v) is 3.77. The van der Waals surface area contributed by atoms with Crippen molar-refractivity contribution < 1.29 is 18.7 Å². The molecule has 0 bridgehead atoms. The Hall–Kier alpha value is -0.710. The minimum absolute atomic E-state index is 0.0122. The quantitative estimate of drug-likeness (QED) is 0.764. The zero-order chi connectivity index (χ0) is 11.2. The van der Waals surface area contributed by atoms with E-state index in [1.807, 2.05) is 0 Å². The molecule has 1 saturated heterocycles. The summed E-state index contributed by atoms with van der Waals surface area (Å²) < 4.78 is 26.7. The van der Waals surface area contributed by atoms with Crippen LogP contribution in [0.15, 0.2) is 0 Å². The maximum atomic E-state index is 13.4. The first-order valence-corrected chi connectivity index (χ1v) is 5.26. The molecule has 0 aromatic carbocycles. The van der Waals surface area contributed by atoms with Crippen molar-refractivity contribution in [3.8, 4) is 0 Å². The van der Waals surface area contributed by atoms with Gasteiger partial charge in [0.05, 0.1) is 0 Å². The summed E-state index contributed by atoms with van der Waals surface area (Å²) >= 11 is 0. The largest absolute Gasteiger partial charge is 0.480 e. The van der Waals surface area contributed by atoms with Crippen LogP contribution in [-0.4, -0.2) is 41.0 Å². The van der Waals surface area contributed by atoms with E-state index in [1.54, 1.807) is 11.8 Å². The molecule has 0 amide bonds. The van der Waals surface area contributed by atoms with Crippen molar-refractivity contribution in [3.63, 3.8) is 0 Å². The van der Waals surface area contributed by atoms with Crippen LogP contribution in [0.2, 0.25) is 0 Å². The molecule has 1 aliphatic carbocycles. The van der Waals surface area contributed by atoms with Crippen LogP contribution in [-0.2, 0) is 4.79 Å². The number of halogens is 2. The lowest BCUT2D eigenvalue weighted by atomic mass is 9.99. The van der Waals surface area contributed by atoms with Gasteiger partial charge in [0.2, 0.25) is 0 Å². The first kappa shape index (κ1) is 10.8. The average Bonchev–Trinajstić information content (AvgIpc) is 2.66. The number of rotatable bonds is 2. The second kappa shape index (κ2) is 3.40. The highest BCUT2D eigenvalue weighted by Gasteiger charge is 2.54. The number of fused-ring (bicyclic) bond motifs is 1. The van der Waals surface area contributed by atoms with Crippen LogP contribution in [0.1, 0.15) is 19.8 Å².